The summed E-state index contributed by atoms with van der Waals surface area (Å²) in [6.45, 7) is 3.36. The monoisotopic (exact) mass is 211 g/mol. The summed E-state index contributed by atoms with van der Waals surface area (Å²) in [4.78, 5) is 12.7. The molecule has 0 aliphatic rings. The molecule has 1 heterocycles. The second-order valence-electron chi connectivity index (χ2n) is 3.41. The Kier molecular flexibility index (Phi) is 3.03. The minimum atomic E-state index is -0.904. The van der Waals surface area contributed by atoms with Gasteiger partial charge in [0, 0.05) is 7.05 Å². The third kappa shape index (κ3) is 1.95. The van der Waals surface area contributed by atoms with Crippen molar-refractivity contribution < 1.29 is 10.0 Å². The Labute approximate surface area is 86.8 Å². The van der Waals surface area contributed by atoms with E-state index in [1.165, 1.54) is 24.2 Å². The summed E-state index contributed by atoms with van der Waals surface area (Å²) in [5.41, 5.74) is -0.959. The minimum Gasteiger partial charge on any atom is -0.410 e. The van der Waals surface area contributed by atoms with E-state index in [9.17, 15) is 4.79 Å². The average Bonchev–Trinajstić information content (AvgIpc) is 2.71. The van der Waals surface area contributed by atoms with Crippen LogP contribution in [0.15, 0.2) is 17.5 Å². The van der Waals surface area contributed by atoms with Crippen LogP contribution < -0.4 is 5.32 Å². The van der Waals surface area contributed by atoms with Crippen LogP contribution in [-0.2, 0) is 10.3 Å². The van der Waals surface area contributed by atoms with Crippen LogP contribution in [-0.4, -0.2) is 38.9 Å². The zero-order valence-electron chi connectivity index (χ0n) is 8.80. The third-order valence-corrected chi connectivity index (χ3v) is 2.04. The van der Waals surface area contributed by atoms with Gasteiger partial charge in [-0.1, -0.05) is 5.16 Å². The zero-order chi connectivity index (χ0) is 11.5. The molecule has 0 atom stereocenters. The minimum absolute atomic E-state index is 0.0544. The summed E-state index contributed by atoms with van der Waals surface area (Å²) >= 11 is 0. The van der Waals surface area contributed by atoms with Gasteiger partial charge in [-0.05, 0) is 13.8 Å². The molecule has 0 saturated heterocycles. The number of oxime groups is 1. The fraction of sp³-hybridized carbons (Fsp3) is 0.500. The molecule has 15 heavy (non-hydrogen) atoms. The molecule has 0 aliphatic carbocycles. The van der Waals surface area contributed by atoms with Crippen LogP contribution in [0.3, 0.4) is 0 Å². The lowest BCUT2D eigenvalue weighted by molar-refractivity contribution is -0.115. The average molecular weight is 211 g/mol. The summed E-state index contributed by atoms with van der Waals surface area (Å²) in [6, 6.07) is 0. The second kappa shape index (κ2) is 4.07. The number of nitrogens with zero attached hydrogens (tertiary/aromatic N) is 4. The summed E-state index contributed by atoms with van der Waals surface area (Å²) in [5, 5.41) is 22.0. The van der Waals surface area contributed by atoms with Crippen molar-refractivity contribution in [2.24, 2.45) is 5.16 Å². The van der Waals surface area contributed by atoms with Gasteiger partial charge in [0.2, 0.25) is 0 Å². The predicted octanol–water partition coefficient (Wildman–Crippen LogP) is -0.411. The topological polar surface area (TPSA) is 92.4 Å². The Balaban J connectivity index is 3.09. The number of carbonyl (C=O) groups is 1. The van der Waals surface area contributed by atoms with E-state index in [1.807, 2.05) is 0 Å². The number of nitrogens with one attached hydrogen (secondary N) is 1. The van der Waals surface area contributed by atoms with Crippen LogP contribution in [0.25, 0.3) is 0 Å². The van der Waals surface area contributed by atoms with Crippen LogP contribution in [0.2, 0.25) is 0 Å². The Morgan fingerprint density at radius 1 is 1.47 bits per heavy atom. The number of carbonyl (C=O) groups excluding carboxylic acids is 1. The van der Waals surface area contributed by atoms with Crippen LogP contribution in [0, 0.1) is 0 Å². The van der Waals surface area contributed by atoms with E-state index in [-0.39, 0.29) is 5.71 Å². The van der Waals surface area contributed by atoms with E-state index in [2.05, 4.69) is 20.7 Å². The van der Waals surface area contributed by atoms with Gasteiger partial charge in [-0.25, -0.2) is 0 Å². The maximum Gasteiger partial charge on any atom is 0.271 e. The van der Waals surface area contributed by atoms with E-state index in [1.54, 1.807) is 13.8 Å². The molecule has 0 radical (unpaired) electrons. The fourth-order valence-corrected chi connectivity index (χ4v) is 1.16. The largest absolute Gasteiger partial charge is 0.410 e. The van der Waals surface area contributed by atoms with Crippen molar-refractivity contribution in [2.75, 3.05) is 7.05 Å². The van der Waals surface area contributed by atoms with Gasteiger partial charge in [0.15, 0.2) is 5.71 Å². The Hall–Kier alpha value is -1.92. The maximum atomic E-state index is 11.4. The molecule has 0 aromatic carbocycles. The van der Waals surface area contributed by atoms with E-state index in [4.69, 9.17) is 5.21 Å². The first-order chi connectivity index (χ1) is 7.04. The van der Waals surface area contributed by atoms with Gasteiger partial charge in [-0.2, -0.15) is 15.0 Å². The smallest absolute Gasteiger partial charge is 0.271 e. The Morgan fingerprint density at radius 2 is 2.00 bits per heavy atom. The summed E-state index contributed by atoms with van der Waals surface area (Å²) in [7, 11) is 1.46. The molecule has 1 amide bonds. The van der Waals surface area contributed by atoms with Crippen molar-refractivity contribution in [3.8, 4) is 0 Å². The van der Waals surface area contributed by atoms with Crippen LogP contribution in [0.5, 0.6) is 0 Å². The highest BCUT2D eigenvalue weighted by molar-refractivity contribution is 6.41. The Bertz CT molecular complexity index is 368. The normalized spacial score (nSPS) is 12.6. The molecular weight excluding hydrogens is 198 g/mol. The molecule has 7 nitrogen and oxygen atoms in total. The molecule has 2 N–H and O–H groups in total. The lowest BCUT2D eigenvalue weighted by Gasteiger charge is -2.23. The highest BCUT2D eigenvalue weighted by atomic mass is 16.4. The first-order valence-corrected chi connectivity index (χ1v) is 4.35. The highest BCUT2D eigenvalue weighted by Gasteiger charge is 2.34. The Morgan fingerprint density at radius 3 is 2.40 bits per heavy atom. The van der Waals surface area contributed by atoms with Gasteiger partial charge in [0.05, 0.1) is 12.4 Å². The quantitative estimate of drug-likeness (QED) is 0.404. The van der Waals surface area contributed by atoms with Crippen molar-refractivity contribution in [2.45, 2.75) is 19.4 Å². The second-order valence-corrected chi connectivity index (χ2v) is 3.41. The van der Waals surface area contributed by atoms with Gasteiger partial charge in [0.1, 0.15) is 5.54 Å². The molecule has 7 heteroatoms. The number of aromatic nitrogens is 3. The molecule has 0 bridgehead atoms. The predicted molar refractivity (Wildman–Crippen MR) is 52.6 cm³/mol. The van der Waals surface area contributed by atoms with E-state index in [0.29, 0.717) is 0 Å². The van der Waals surface area contributed by atoms with Gasteiger partial charge in [0.25, 0.3) is 5.91 Å². The van der Waals surface area contributed by atoms with Gasteiger partial charge in [-0.15, -0.1) is 0 Å². The highest BCUT2D eigenvalue weighted by Crippen LogP contribution is 2.14. The molecule has 0 aliphatic heterocycles. The van der Waals surface area contributed by atoms with Crippen molar-refractivity contribution >= 4 is 11.6 Å². The number of rotatable bonds is 3. The SMILES string of the molecule is CNC(=O)/C(=N/O)C(C)(C)n1nccn1. The van der Waals surface area contributed by atoms with Crippen molar-refractivity contribution in [1.82, 2.24) is 20.3 Å². The number of amides is 1. The van der Waals surface area contributed by atoms with Crippen LogP contribution in [0.4, 0.5) is 0 Å². The van der Waals surface area contributed by atoms with Crippen LogP contribution >= 0.6 is 0 Å². The lowest BCUT2D eigenvalue weighted by atomic mass is 9.98. The standard InChI is InChI=1S/C8H13N5O2/c1-8(2,13-10-4-5-11-13)6(12-15)7(14)9-3/h4-5,15H,1-3H3,(H,9,14)/b12-6-. The summed E-state index contributed by atoms with van der Waals surface area (Å²) < 4.78 is 0. The molecule has 0 saturated carbocycles. The number of hydrogen-bond donors (Lipinski definition) is 2. The molecule has 1 aromatic heterocycles. The third-order valence-electron chi connectivity index (χ3n) is 2.04. The van der Waals surface area contributed by atoms with Crippen molar-refractivity contribution in [3.05, 3.63) is 12.4 Å². The molecule has 0 fully saturated rings. The summed E-state index contributed by atoms with van der Waals surface area (Å²) in [5.74, 6) is -0.472. The first-order valence-electron chi connectivity index (χ1n) is 4.35. The molecule has 0 unspecified atom stereocenters. The molecule has 82 valence electrons. The molecule has 0 spiro atoms. The van der Waals surface area contributed by atoms with Crippen molar-refractivity contribution in [3.63, 3.8) is 0 Å². The number of hydrogen-bond acceptors (Lipinski definition) is 5. The van der Waals surface area contributed by atoms with Gasteiger partial charge < -0.3 is 10.5 Å². The lowest BCUT2D eigenvalue weighted by Crippen LogP contribution is -2.46. The van der Waals surface area contributed by atoms with Crippen LogP contribution in [0.1, 0.15) is 13.8 Å². The fourth-order valence-electron chi connectivity index (χ4n) is 1.16. The zero-order valence-corrected chi connectivity index (χ0v) is 8.80. The molecule has 1 aromatic rings. The first kappa shape index (κ1) is 11.2. The van der Waals surface area contributed by atoms with E-state index in [0.717, 1.165) is 0 Å². The van der Waals surface area contributed by atoms with Gasteiger partial charge in [-0.3, -0.25) is 4.79 Å². The maximum absolute atomic E-state index is 11.4. The van der Waals surface area contributed by atoms with E-state index >= 15 is 0 Å². The molecule has 1 rings (SSSR count). The van der Waals surface area contributed by atoms with Crippen molar-refractivity contribution in [1.29, 1.82) is 0 Å². The molecular formula is C8H13N5O2. The van der Waals surface area contributed by atoms with Gasteiger partial charge >= 0.3 is 0 Å². The van der Waals surface area contributed by atoms with E-state index < -0.39 is 11.4 Å². The summed E-state index contributed by atoms with van der Waals surface area (Å²) in [6.07, 6.45) is 2.97.